The van der Waals surface area contributed by atoms with Crippen molar-refractivity contribution in [1.29, 1.82) is 0 Å². The largest absolute Gasteiger partial charge is 0.356 e. The summed E-state index contributed by atoms with van der Waals surface area (Å²) in [6, 6.07) is 0. The summed E-state index contributed by atoms with van der Waals surface area (Å²) in [4.78, 5) is 22.8. The average molecular weight is 269 g/mol. The van der Waals surface area contributed by atoms with Gasteiger partial charge in [0.05, 0.1) is 0 Å². The van der Waals surface area contributed by atoms with Gasteiger partial charge in [0, 0.05) is 18.4 Å². The van der Waals surface area contributed by atoms with Crippen LogP contribution in [0, 0.1) is 11.8 Å². The first-order valence-electron chi connectivity index (χ1n) is 7.77. The zero-order chi connectivity index (χ0) is 14.7. The second-order valence-electron chi connectivity index (χ2n) is 5.70. The lowest BCUT2D eigenvalue weighted by Gasteiger charge is -2.12. The average Bonchev–Trinajstić information content (AvgIpc) is 2.37. The molecule has 0 saturated heterocycles. The van der Waals surface area contributed by atoms with E-state index >= 15 is 0 Å². The number of carbonyl (C=O) groups excluding carboxylic acids is 2. The summed E-state index contributed by atoms with van der Waals surface area (Å²) in [5.41, 5.74) is 0. The molecule has 0 fully saturated rings. The van der Waals surface area contributed by atoms with Crippen LogP contribution in [0.1, 0.15) is 72.6 Å². The van der Waals surface area contributed by atoms with E-state index in [-0.39, 0.29) is 23.5 Å². The Labute approximate surface area is 118 Å². The van der Waals surface area contributed by atoms with Crippen molar-refractivity contribution in [1.82, 2.24) is 5.32 Å². The molecule has 0 spiro atoms. The van der Waals surface area contributed by atoms with Gasteiger partial charge in [0.15, 0.2) is 0 Å². The highest BCUT2D eigenvalue weighted by Gasteiger charge is 2.11. The van der Waals surface area contributed by atoms with Gasteiger partial charge in [0.1, 0.15) is 5.78 Å². The normalized spacial score (nSPS) is 13.9. The van der Waals surface area contributed by atoms with Crippen LogP contribution in [0.2, 0.25) is 0 Å². The van der Waals surface area contributed by atoms with E-state index in [0.717, 1.165) is 38.6 Å². The predicted molar refractivity (Wildman–Crippen MR) is 80.0 cm³/mol. The molecular weight excluding hydrogens is 238 g/mol. The van der Waals surface area contributed by atoms with Gasteiger partial charge in [-0.1, -0.05) is 46.5 Å². The van der Waals surface area contributed by atoms with Crippen molar-refractivity contribution >= 4 is 11.7 Å². The van der Waals surface area contributed by atoms with E-state index in [4.69, 9.17) is 0 Å². The molecule has 1 N–H and O–H groups in total. The third-order valence-corrected chi connectivity index (χ3v) is 3.75. The van der Waals surface area contributed by atoms with Crippen LogP contribution in [0.5, 0.6) is 0 Å². The maximum atomic E-state index is 11.8. The highest BCUT2D eigenvalue weighted by Crippen LogP contribution is 2.10. The van der Waals surface area contributed by atoms with Gasteiger partial charge in [-0.3, -0.25) is 9.59 Å². The van der Waals surface area contributed by atoms with E-state index in [0.29, 0.717) is 0 Å². The third kappa shape index (κ3) is 9.69. The van der Waals surface area contributed by atoms with Crippen LogP contribution in [0.25, 0.3) is 0 Å². The van der Waals surface area contributed by atoms with Gasteiger partial charge in [-0.25, -0.2) is 0 Å². The summed E-state index contributed by atoms with van der Waals surface area (Å²) in [5, 5.41) is 2.99. The van der Waals surface area contributed by atoms with Crippen molar-refractivity contribution in [3.05, 3.63) is 0 Å². The van der Waals surface area contributed by atoms with Crippen LogP contribution in [0.4, 0.5) is 0 Å². The molecular formula is C16H31NO2. The Morgan fingerprint density at radius 2 is 1.53 bits per heavy atom. The molecule has 0 aliphatic carbocycles. The first-order chi connectivity index (χ1) is 8.99. The molecule has 0 rings (SSSR count). The number of Topliss-reactive ketones (excluding diaryl/α,β-unsaturated/α-hetero) is 1. The van der Waals surface area contributed by atoms with Crippen molar-refractivity contribution in [2.75, 3.05) is 6.54 Å². The van der Waals surface area contributed by atoms with Gasteiger partial charge in [0.2, 0.25) is 5.91 Å². The fourth-order valence-corrected chi connectivity index (χ4v) is 2.00. The Kier molecular flexibility index (Phi) is 10.5. The van der Waals surface area contributed by atoms with Crippen molar-refractivity contribution in [2.45, 2.75) is 72.6 Å². The predicted octanol–water partition coefficient (Wildman–Crippen LogP) is 3.71. The number of nitrogens with one attached hydrogen (secondary N) is 1. The molecule has 0 bridgehead atoms. The first-order valence-corrected chi connectivity index (χ1v) is 7.77. The number of hydrogen-bond acceptors (Lipinski definition) is 2. The zero-order valence-corrected chi connectivity index (χ0v) is 13.1. The van der Waals surface area contributed by atoms with Gasteiger partial charge in [-0.2, -0.15) is 0 Å². The SMILES string of the molecule is CCCCCC(C)C(=O)NCCCCC(C)C(C)=O. The van der Waals surface area contributed by atoms with Gasteiger partial charge in [0.25, 0.3) is 0 Å². The minimum Gasteiger partial charge on any atom is -0.356 e. The maximum Gasteiger partial charge on any atom is 0.222 e. The van der Waals surface area contributed by atoms with Gasteiger partial charge >= 0.3 is 0 Å². The molecule has 0 saturated carbocycles. The van der Waals surface area contributed by atoms with Gasteiger partial charge < -0.3 is 5.32 Å². The molecule has 3 heteroatoms. The second-order valence-corrected chi connectivity index (χ2v) is 5.70. The van der Waals surface area contributed by atoms with Crippen molar-refractivity contribution in [3.8, 4) is 0 Å². The topological polar surface area (TPSA) is 46.2 Å². The Morgan fingerprint density at radius 1 is 0.947 bits per heavy atom. The van der Waals surface area contributed by atoms with Gasteiger partial charge in [-0.05, 0) is 26.2 Å². The highest BCUT2D eigenvalue weighted by molar-refractivity contribution is 5.78. The monoisotopic (exact) mass is 269 g/mol. The molecule has 112 valence electrons. The van der Waals surface area contributed by atoms with E-state index in [1.807, 2.05) is 13.8 Å². The van der Waals surface area contributed by atoms with Crippen LogP contribution in [0.15, 0.2) is 0 Å². The summed E-state index contributed by atoms with van der Waals surface area (Å²) in [6.45, 7) is 8.53. The number of ketones is 1. The molecule has 19 heavy (non-hydrogen) atoms. The van der Waals surface area contributed by atoms with E-state index in [1.54, 1.807) is 6.92 Å². The lowest BCUT2D eigenvalue weighted by molar-refractivity contribution is -0.124. The summed E-state index contributed by atoms with van der Waals surface area (Å²) in [7, 11) is 0. The molecule has 0 aromatic rings. The lowest BCUT2D eigenvalue weighted by Crippen LogP contribution is -2.30. The molecule has 3 nitrogen and oxygen atoms in total. The highest BCUT2D eigenvalue weighted by atomic mass is 16.1. The molecule has 0 radical (unpaired) electrons. The number of rotatable bonds is 11. The Balaban J connectivity index is 3.54. The smallest absolute Gasteiger partial charge is 0.222 e. The minimum absolute atomic E-state index is 0.127. The van der Waals surface area contributed by atoms with Crippen molar-refractivity contribution < 1.29 is 9.59 Å². The number of unbranched alkanes of at least 4 members (excludes halogenated alkanes) is 3. The standard InChI is InChI=1S/C16H31NO2/c1-5-6-7-11-14(3)16(19)17-12-9-8-10-13(2)15(4)18/h13-14H,5-12H2,1-4H3,(H,17,19). The molecule has 1 amide bonds. The Bertz CT molecular complexity index is 263. The van der Waals surface area contributed by atoms with Crippen LogP contribution in [-0.4, -0.2) is 18.2 Å². The van der Waals surface area contributed by atoms with Gasteiger partial charge in [-0.15, -0.1) is 0 Å². The third-order valence-electron chi connectivity index (χ3n) is 3.75. The van der Waals surface area contributed by atoms with Crippen molar-refractivity contribution in [3.63, 3.8) is 0 Å². The van der Waals surface area contributed by atoms with E-state index in [1.165, 1.54) is 12.8 Å². The lowest BCUT2D eigenvalue weighted by atomic mass is 10.0. The quantitative estimate of drug-likeness (QED) is 0.581. The minimum atomic E-state index is 0.127. The number of carbonyl (C=O) groups is 2. The number of amides is 1. The molecule has 0 heterocycles. The summed E-state index contributed by atoms with van der Waals surface area (Å²) >= 11 is 0. The zero-order valence-electron chi connectivity index (χ0n) is 13.1. The Hall–Kier alpha value is -0.860. The van der Waals surface area contributed by atoms with Crippen LogP contribution in [0.3, 0.4) is 0 Å². The Morgan fingerprint density at radius 3 is 2.11 bits per heavy atom. The van der Waals surface area contributed by atoms with E-state index in [9.17, 15) is 9.59 Å². The first kappa shape index (κ1) is 18.1. The molecule has 0 aliphatic heterocycles. The molecule has 2 atom stereocenters. The summed E-state index contributed by atoms with van der Waals surface area (Å²) < 4.78 is 0. The molecule has 0 aromatic heterocycles. The van der Waals surface area contributed by atoms with E-state index in [2.05, 4.69) is 12.2 Å². The maximum absolute atomic E-state index is 11.8. The molecule has 0 aliphatic rings. The summed E-state index contributed by atoms with van der Waals surface area (Å²) in [5.74, 6) is 0.718. The fourth-order valence-electron chi connectivity index (χ4n) is 2.00. The number of hydrogen-bond donors (Lipinski definition) is 1. The van der Waals surface area contributed by atoms with Crippen molar-refractivity contribution in [2.24, 2.45) is 11.8 Å². The van der Waals surface area contributed by atoms with E-state index < -0.39 is 0 Å². The fraction of sp³-hybridized carbons (Fsp3) is 0.875. The van der Waals surface area contributed by atoms with Crippen LogP contribution in [-0.2, 0) is 9.59 Å². The molecule has 2 unspecified atom stereocenters. The summed E-state index contributed by atoms with van der Waals surface area (Å²) in [6.07, 6.45) is 7.43. The van der Waals surface area contributed by atoms with Crippen LogP contribution < -0.4 is 5.32 Å². The van der Waals surface area contributed by atoms with Crippen LogP contribution >= 0.6 is 0 Å². The molecule has 0 aromatic carbocycles. The second kappa shape index (κ2) is 11.0.